The second-order valence-electron chi connectivity index (χ2n) is 11.4. The monoisotopic (exact) mass is 742 g/mol. The minimum absolute atomic E-state index is 0.0146. The fraction of sp³-hybridized carbons (Fsp3) is 0.371. The van der Waals surface area contributed by atoms with Crippen LogP contribution in [0.2, 0.25) is 0 Å². The lowest BCUT2D eigenvalue weighted by molar-refractivity contribution is -0.288. The molecule has 0 bridgehead atoms. The van der Waals surface area contributed by atoms with Crippen LogP contribution in [0.15, 0.2) is 78.9 Å². The van der Waals surface area contributed by atoms with Gasteiger partial charge in [-0.05, 0) is 41.0 Å². The summed E-state index contributed by atoms with van der Waals surface area (Å²) < 4.78 is 126. The third kappa shape index (κ3) is 8.58. The number of carbonyl (C=O) groups is 4. The lowest BCUT2D eigenvalue weighted by atomic mass is 9.73. The van der Waals surface area contributed by atoms with Crippen LogP contribution < -0.4 is 9.47 Å². The summed E-state index contributed by atoms with van der Waals surface area (Å²) in [6.07, 6.45) is -20.9. The first-order valence-electron chi connectivity index (χ1n) is 15.3. The minimum atomic E-state index is -5.91. The molecule has 0 saturated carbocycles. The second kappa shape index (κ2) is 15.9. The lowest BCUT2D eigenvalue weighted by Gasteiger charge is -2.43. The van der Waals surface area contributed by atoms with Crippen molar-refractivity contribution in [1.82, 2.24) is 0 Å². The maximum absolute atomic E-state index is 14.8. The molecule has 1 heterocycles. The molecular formula is C35H32F6O11. The summed E-state index contributed by atoms with van der Waals surface area (Å²) in [4.78, 5) is 48.6. The zero-order chi connectivity index (χ0) is 38.4. The molecule has 3 aromatic rings. The number of esters is 4. The van der Waals surface area contributed by atoms with Gasteiger partial charge in [0, 0.05) is 20.8 Å². The highest BCUT2D eigenvalue weighted by Crippen LogP contribution is 2.56. The molecule has 0 aliphatic carbocycles. The molecule has 1 fully saturated rings. The first-order valence-corrected chi connectivity index (χ1v) is 15.3. The maximum atomic E-state index is 14.8. The topological polar surface area (TPSA) is 133 Å². The number of ether oxygens (including phenoxy) is 7. The maximum Gasteiger partial charge on any atom is 0.411 e. The van der Waals surface area contributed by atoms with Crippen molar-refractivity contribution in [2.75, 3.05) is 7.11 Å². The predicted octanol–water partition coefficient (Wildman–Crippen LogP) is 5.75. The SMILES string of the molecule is COC(=O)[C@H]1O[C@@H](Oc2ccc(C(c3ccc(OCc4ccccc4)cc3)(C(F)(F)F)C(F)(F)F)cc2)[C@H](OC(C)=O)[C@@H](OC(C)=O)[C@@H]1OC(C)=O. The summed E-state index contributed by atoms with van der Waals surface area (Å²) in [5.41, 5.74) is -6.19. The highest BCUT2D eigenvalue weighted by atomic mass is 19.4. The molecular weight excluding hydrogens is 710 g/mol. The molecule has 17 heteroatoms. The first kappa shape index (κ1) is 39.5. The van der Waals surface area contributed by atoms with E-state index in [-0.39, 0.29) is 12.4 Å². The Morgan fingerprint density at radius 1 is 0.635 bits per heavy atom. The van der Waals surface area contributed by atoms with Crippen molar-refractivity contribution in [3.63, 3.8) is 0 Å². The molecule has 280 valence electrons. The van der Waals surface area contributed by atoms with E-state index in [0.29, 0.717) is 24.3 Å². The number of methoxy groups -OCH3 is 1. The minimum Gasteiger partial charge on any atom is -0.489 e. The highest BCUT2D eigenvalue weighted by Gasteiger charge is 2.72. The number of carbonyl (C=O) groups excluding carboxylic acids is 4. The van der Waals surface area contributed by atoms with Crippen LogP contribution in [0.25, 0.3) is 0 Å². The molecule has 1 aliphatic rings. The van der Waals surface area contributed by atoms with Crippen LogP contribution in [-0.4, -0.2) is 74.0 Å². The van der Waals surface area contributed by atoms with Gasteiger partial charge in [-0.25, -0.2) is 4.79 Å². The van der Waals surface area contributed by atoms with Crippen molar-refractivity contribution in [2.24, 2.45) is 0 Å². The third-order valence-corrected chi connectivity index (χ3v) is 7.76. The fourth-order valence-electron chi connectivity index (χ4n) is 5.62. The largest absolute Gasteiger partial charge is 0.489 e. The molecule has 5 atom stereocenters. The van der Waals surface area contributed by atoms with Gasteiger partial charge in [0.05, 0.1) is 7.11 Å². The van der Waals surface area contributed by atoms with E-state index in [4.69, 9.17) is 28.4 Å². The van der Waals surface area contributed by atoms with Gasteiger partial charge in [0.1, 0.15) is 18.1 Å². The molecule has 0 aromatic heterocycles. The van der Waals surface area contributed by atoms with Gasteiger partial charge < -0.3 is 33.2 Å². The Bertz CT molecular complexity index is 1700. The molecule has 0 unspecified atom stereocenters. The van der Waals surface area contributed by atoms with E-state index in [9.17, 15) is 45.5 Å². The Kier molecular flexibility index (Phi) is 12.1. The molecule has 0 amide bonds. The van der Waals surface area contributed by atoms with Crippen molar-refractivity contribution < 1.29 is 78.7 Å². The van der Waals surface area contributed by atoms with Gasteiger partial charge in [0.2, 0.25) is 17.8 Å². The number of hydrogen-bond acceptors (Lipinski definition) is 11. The molecule has 0 spiro atoms. The lowest BCUT2D eigenvalue weighted by Crippen LogP contribution is -2.64. The van der Waals surface area contributed by atoms with Gasteiger partial charge in [-0.3, -0.25) is 14.4 Å². The molecule has 11 nitrogen and oxygen atoms in total. The third-order valence-electron chi connectivity index (χ3n) is 7.76. The van der Waals surface area contributed by atoms with E-state index in [1.165, 1.54) is 0 Å². The highest BCUT2D eigenvalue weighted by molar-refractivity contribution is 5.77. The van der Waals surface area contributed by atoms with Crippen molar-refractivity contribution in [2.45, 2.75) is 75.9 Å². The van der Waals surface area contributed by atoms with Gasteiger partial charge in [0.15, 0.2) is 18.3 Å². The number of hydrogen-bond donors (Lipinski definition) is 0. The Morgan fingerprint density at radius 2 is 1.10 bits per heavy atom. The predicted molar refractivity (Wildman–Crippen MR) is 165 cm³/mol. The Hall–Kier alpha value is -5.32. The molecule has 3 aromatic carbocycles. The Labute approximate surface area is 292 Å². The number of alkyl halides is 6. The molecule has 0 radical (unpaired) electrons. The van der Waals surface area contributed by atoms with Crippen molar-refractivity contribution in [3.8, 4) is 11.5 Å². The van der Waals surface area contributed by atoms with E-state index < -0.39 is 89.2 Å². The zero-order valence-electron chi connectivity index (χ0n) is 27.9. The smallest absolute Gasteiger partial charge is 0.411 e. The van der Waals surface area contributed by atoms with E-state index in [2.05, 4.69) is 4.74 Å². The summed E-state index contributed by atoms with van der Waals surface area (Å²) >= 11 is 0. The number of benzene rings is 3. The van der Waals surface area contributed by atoms with Crippen LogP contribution in [0.4, 0.5) is 26.3 Å². The van der Waals surface area contributed by atoms with Gasteiger partial charge in [-0.2, -0.15) is 26.3 Å². The summed E-state index contributed by atoms with van der Waals surface area (Å²) in [5, 5.41) is 0. The average molecular weight is 743 g/mol. The van der Waals surface area contributed by atoms with E-state index in [1.807, 2.05) is 0 Å². The zero-order valence-corrected chi connectivity index (χ0v) is 27.9. The second-order valence-corrected chi connectivity index (χ2v) is 11.4. The van der Waals surface area contributed by atoms with E-state index in [1.54, 1.807) is 30.3 Å². The quantitative estimate of drug-likeness (QED) is 0.135. The Balaban J connectivity index is 1.72. The van der Waals surface area contributed by atoms with Gasteiger partial charge >= 0.3 is 36.2 Å². The molecule has 52 heavy (non-hydrogen) atoms. The summed E-state index contributed by atoms with van der Waals surface area (Å²) in [5.74, 6) is -4.51. The normalized spacial score (nSPS) is 20.6. The van der Waals surface area contributed by atoms with E-state index >= 15 is 0 Å². The molecule has 1 aliphatic heterocycles. The van der Waals surface area contributed by atoms with E-state index in [0.717, 1.165) is 57.7 Å². The number of halogens is 6. The standard InChI is InChI=1S/C35H32F6O11/c1-19(42)48-27-28(49-20(2)43)30(50-21(3)44)32(52-29(27)31(45)46-4)51-26-16-12-24(13-17-26)33(34(36,37)38,35(39,40)41)23-10-14-25(15-11-23)47-18-22-8-6-5-7-9-22/h5-17,27-30,32H,18H2,1-4H3/t27-,28-,29-,30+,32+/m0/s1. The molecule has 4 rings (SSSR count). The van der Waals surface area contributed by atoms with Gasteiger partial charge in [-0.1, -0.05) is 54.6 Å². The Morgan fingerprint density at radius 3 is 1.56 bits per heavy atom. The number of rotatable bonds is 11. The van der Waals surface area contributed by atoms with Gasteiger partial charge in [-0.15, -0.1) is 0 Å². The van der Waals surface area contributed by atoms with Crippen LogP contribution in [0, 0.1) is 0 Å². The van der Waals surface area contributed by atoms with Crippen LogP contribution in [0.1, 0.15) is 37.5 Å². The fourth-order valence-corrected chi connectivity index (χ4v) is 5.62. The molecule has 0 N–H and O–H groups in total. The average Bonchev–Trinajstić information content (AvgIpc) is 3.06. The first-order chi connectivity index (χ1) is 24.4. The molecule has 1 saturated heterocycles. The van der Waals surface area contributed by atoms with Crippen LogP contribution in [0.3, 0.4) is 0 Å². The van der Waals surface area contributed by atoms with Crippen LogP contribution >= 0.6 is 0 Å². The summed E-state index contributed by atoms with van der Waals surface area (Å²) in [6.45, 7) is 2.87. The summed E-state index contributed by atoms with van der Waals surface area (Å²) in [7, 11) is 0.947. The van der Waals surface area contributed by atoms with Crippen molar-refractivity contribution in [3.05, 3.63) is 95.6 Å². The van der Waals surface area contributed by atoms with Crippen LogP contribution in [-0.2, 0) is 54.9 Å². The van der Waals surface area contributed by atoms with Crippen molar-refractivity contribution in [1.29, 1.82) is 0 Å². The van der Waals surface area contributed by atoms with Crippen LogP contribution in [0.5, 0.6) is 11.5 Å². The van der Waals surface area contributed by atoms with Crippen molar-refractivity contribution >= 4 is 23.9 Å². The van der Waals surface area contributed by atoms with Gasteiger partial charge in [0.25, 0.3) is 0 Å². The summed E-state index contributed by atoms with van der Waals surface area (Å²) in [6, 6.07) is 14.6.